The summed E-state index contributed by atoms with van der Waals surface area (Å²) in [4.78, 5) is 10.2. The van der Waals surface area contributed by atoms with Crippen LogP contribution in [-0.2, 0) is 0 Å². The predicted molar refractivity (Wildman–Crippen MR) is 263 cm³/mol. The fourth-order valence-corrected chi connectivity index (χ4v) is 10.0. The Morgan fingerprint density at radius 1 is 0.500 bits per heavy atom. The van der Waals surface area contributed by atoms with Gasteiger partial charge in [-0.2, -0.15) is 10.5 Å². The molecule has 322 valence electrons. The van der Waals surface area contributed by atoms with Gasteiger partial charge in [-0.15, -0.1) is 0 Å². The van der Waals surface area contributed by atoms with Crippen LogP contribution >= 0.6 is 0 Å². The summed E-state index contributed by atoms with van der Waals surface area (Å²) in [5, 5.41) is 29.0. The van der Waals surface area contributed by atoms with Crippen LogP contribution in [0.4, 0.5) is 11.4 Å². The van der Waals surface area contributed by atoms with Crippen molar-refractivity contribution in [3.63, 3.8) is 0 Å². The molecule has 0 N–H and O–H groups in total. The summed E-state index contributed by atoms with van der Waals surface area (Å²) in [6.07, 6.45) is 0. The van der Waals surface area contributed by atoms with Gasteiger partial charge in [0.15, 0.2) is 0 Å². The number of aryl methyl sites for hydroxylation is 1. The highest BCUT2D eigenvalue weighted by molar-refractivity contribution is 6.49. The Morgan fingerprint density at radius 3 is 1.40 bits per heavy atom. The first-order chi connectivity index (χ1) is 33.4. The molecule has 68 heavy (non-hydrogen) atoms. The lowest BCUT2D eigenvalue weighted by Crippen LogP contribution is -2.46. The largest absolute Gasteiger partial charge is 0.743 e. The van der Waals surface area contributed by atoms with Gasteiger partial charge in [-0.25, -0.2) is 9.98 Å². The highest BCUT2D eigenvalue weighted by atomic mass is 16.7. The summed E-state index contributed by atoms with van der Waals surface area (Å²) in [5.41, 5.74) is 4.41. The summed E-state index contributed by atoms with van der Waals surface area (Å²) >= 11 is 0. The summed E-state index contributed by atoms with van der Waals surface area (Å²) in [7, 11) is -2.28. The molecule has 4 aliphatic rings. The fourth-order valence-electron chi connectivity index (χ4n) is 10.0. The van der Waals surface area contributed by atoms with Gasteiger partial charge in [-0.3, -0.25) is 0 Å². The second-order valence-corrected chi connectivity index (χ2v) is 17.1. The van der Waals surface area contributed by atoms with Crippen LogP contribution in [0.15, 0.2) is 156 Å². The number of ether oxygens (including phenoxy) is 2. The molecular weight excluding hydrogens is 850 g/mol. The molecule has 4 aliphatic heterocycles. The quantitative estimate of drug-likeness (QED) is 0.151. The van der Waals surface area contributed by atoms with Gasteiger partial charge in [0.05, 0.1) is 38.5 Å². The number of aliphatic imine (C=N–C) groups is 2. The van der Waals surface area contributed by atoms with Crippen LogP contribution < -0.4 is 38.8 Å². The monoisotopic (exact) mass is 884 g/mol. The number of fused-ring (bicyclic) bond motifs is 3. The lowest BCUT2D eigenvalue weighted by molar-refractivity contribution is 0.473. The third-order valence-electron chi connectivity index (χ3n) is 12.8. The normalized spacial score (nSPS) is 14.9. The standard InChI is InChI=1S/C54H34B2N6O6/c1-30(2)49-47-48(52(61(49)55-65-39-22-6-7-23-40(39)66-55)36(29-58)54-60-38-21-11-16-33-18-13-27-44(64-54)46(33)38)50(34-19-5-4-14-31(34)3)62(56-67-41-24-8-9-25-42(41)68-56)51(47)35(28-57)53-59-37-20-10-15-32-17-12-26-43(63-53)45(32)37/h4-27,30H,1-3H3/b51-35-,52-36-. The van der Waals surface area contributed by atoms with Gasteiger partial charge in [-0.05, 0) is 77.7 Å². The van der Waals surface area contributed by atoms with Gasteiger partial charge in [0.1, 0.15) is 57.8 Å². The molecule has 7 aromatic carbocycles. The van der Waals surface area contributed by atoms with Crippen LogP contribution in [0.1, 0.15) is 31.0 Å². The second-order valence-electron chi connectivity index (χ2n) is 17.1. The van der Waals surface area contributed by atoms with E-state index in [1.807, 2.05) is 161 Å². The zero-order valence-corrected chi connectivity index (χ0v) is 36.7. The van der Waals surface area contributed by atoms with Gasteiger partial charge in [-0.1, -0.05) is 111 Å². The Bertz CT molecular complexity index is 3800. The summed E-state index contributed by atoms with van der Waals surface area (Å²) in [6, 6.07) is 51.3. The van der Waals surface area contributed by atoms with Crippen molar-refractivity contribution in [3.8, 4) is 57.9 Å². The molecule has 6 heterocycles. The zero-order valence-electron chi connectivity index (χ0n) is 36.7. The Kier molecular flexibility index (Phi) is 8.63. The van der Waals surface area contributed by atoms with Crippen LogP contribution in [0.25, 0.3) is 54.7 Å². The molecule has 0 aliphatic carbocycles. The molecule has 2 aromatic heterocycles. The Hall–Kier alpha value is -9.13. The van der Waals surface area contributed by atoms with Crippen molar-refractivity contribution in [1.82, 2.24) is 8.96 Å². The van der Waals surface area contributed by atoms with E-state index in [9.17, 15) is 10.5 Å². The number of rotatable bonds is 6. The predicted octanol–water partition coefficient (Wildman–Crippen LogP) is 10.1. The molecule has 0 spiro atoms. The lowest BCUT2D eigenvalue weighted by atomic mass is 9.99. The molecule has 0 radical (unpaired) electrons. The highest BCUT2D eigenvalue weighted by Crippen LogP contribution is 2.43. The average Bonchev–Trinajstić information content (AvgIpc) is 4.14. The number of hydrogen-bond donors (Lipinski definition) is 0. The van der Waals surface area contributed by atoms with Crippen LogP contribution in [0, 0.1) is 29.6 Å². The van der Waals surface area contributed by atoms with E-state index in [4.69, 9.17) is 38.1 Å². The average molecular weight is 885 g/mol. The van der Waals surface area contributed by atoms with Crippen molar-refractivity contribution in [2.45, 2.75) is 26.7 Å². The molecule has 0 bridgehead atoms. The van der Waals surface area contributed by atoms with Crippen LogP contribution in [0.5, 0.6) is 34.5 Å². The Labute approximate surface area is 389 Å². The summed E-state index contributed by atoms with van der Waals surface area (Å²) in [6.45, 7) is 6.13. The van der Waals surface area contributed by atoms with Crippen molar-refractivity contribution >= 4 is 81.1 Å². The van der Waals surface area contributed by atoms with E-state index in [0.717, 1.165) is 32.7 Å². The number of benzene rings is 7. The SMILES string of the molecule is Cc1ccccc1-c1c2/c(=C(\C#N)C3=Nc4cccc5cccc(c45)O3)n(B3Oc4ccccc4O3)c(C(C)C)c2/c(=C(\C#N)C2=Nc3cccc4cccc(c34)O2)n1B1Oc2ccccc2O1. The maximum Gasteiger partial charge on any atom is 0.743 e. The first kappa shape index (κ1) is 39.3. The third kappa shape index (κ3) is 5.74. The van der Waals surface area contributed by atoms with Gasteiger partial charge in [0.2, 0.25) is 11.8 Å². The van der Waals surface area contributed by atoms with E-state index >= 15 is 0 Å². The van der Waals surface area contributed by atoms with Crippen molar-refractivity contribution in [1.29, 1.82) is 10.5 Å². The summed E-state index contributed by atoms with van der Waals surface area (Å²) in [5.74, 6) is 3.04. The second kappa shape index (κ2) is 15.0. The molecule has 0 saturated heterocycles. The van der Waals surface area contributed by atoms with Gasteiger partial charge in [0.25, 0.3) is 0 Å². The van der Waals surface area contributed by atoms with Crippen molar-refractivity contribution in [3.05, 3.63) is 168 Å². The molecular formula is C54H34B2N6O6. The van der Waals surface area contributed by atoms with E-state index in [-0.39, 0.29) is 28.9 Å². The molecule has 12 nitrogen and oxygen atoms in total. The summed E-state index contributed by atoms with van der Waals surface area (Å²) < 4.78 is 44.2. The van der Waals surface area contributed by atoms with Crippen LogP contribution in [0.2, 0.25) is 0 Å². The van der Waals surface area contributed by atoms with Gasteiger partial charge >= 0.3 is 14.5 Å². The maximum absolute atomic E-state index is 11.8. The molecule has 0 fully saturated rings. The molecule has 0 atom stereocenters. The van der Waals surface area contributed by atoms with Crippen LogP contribution in [-0.4, -0.2) is 35.3 Å². The van der Waals surface area contributed by atoms with Crippen LogP contribution in [0.3, 0.4) is 0 Å². The lowest BCUT2D eigenvalue weighted by Gasteiger charge is -2.20. The van der Waals surface area contributed by atoms with Gasteiger partial charge in [0, 0.05) is 22.0 Å². The third-order valence-corrected chi connectivity index (χ3v) is 12.8. The van der Waals surface area contributed by atoms with E-state index in [1.165, 1.54) is 0 Å². The fraction of sp³-hybridized carbons (Fsp3) is 0.0741. The number of hydrogen-bond acceptors (Lipinski definition) is 10. The molecule has 0 amide bonds. The number of aromatic nitrogens is 2. The smallest absolute Gasteiger partial charge is 0.503 e. The number of para-hydroxylation sites is 4. The first-order valence-corrected chi connectivity index (χ1v) is 22.2. The minimum Gasteiger partial charge on any atom is -0.503 e. The van der Waals surface area contributed by atoms with E-state index in [2.05, 4.69) is 26.0 Å². The van der Waals surface area contributed by atoms with E-state index in [0.29, 0.717) is 78.7 Å². The molecule has 9 aromatic rings. The molecule has 0 unspecified atom stereocenters. The maximum atomic E-state index is 11.8. The van der Waals surface area contributed by atoms with Crippen molar-refractivity contribution in [2.75, 3.05) is 0 Å². The van der Waals surface area contributed by atoms with Gasteiger partial charge < -0.3 is 37.0 Å². The minimum atomic E-state index is -1.16. The Morgan fingerprint density at radius 2 is 0.926 bits per heavy atom. The number of nitriles is 2. The molecule has 13 rings (SSSR count). The topological polar surface area (TPSA) is 138 Å². The zero-order chi connectivity index (χ0) is 45.8. The number of nitrogens with zero attached hydrogens (tertiary/aromatic N) is 6. The highest BCUT2D eigenvalue weighted by Gasteiger charge is 2.46. The van der Waals surface area contributed by atoms with E-state index < -0.39 is 14.5 Å². The van der Waals surface area contributed by atoms with Crippen molar-refractivity contribution in [2.24, 2.45) is 9.98 Å². The van der Waals surface area contributed by atoms with Crippen molar-refractivity contribution < 1.29 is 28.1 Å². The first-order valence-electron chi connectivity index (χ1n) is 22.2. The molecule has 0 saturated carbocycles. The molecule has 14 heteroatoms. The minimum absolute atomic E-state index is 0.0742. The van der Waals surface area contributed by atoms with E-state index in [1.54, 1.807) is 0 Å². The Balaban J connectivity index is 1.25.